The Morgan fingerprint density at radius 2 is 1.69 bits per heavy atom. The third-order valence-electron chi connectivity index (χ3n) is 4.56. The van der Waals surface area contributed by atoms with E-state index in [0.29, 0.717) is 30.6 Å². The highest BCUT2D eigenvalue weighted by Crippen LogP contribution is 2.30. The Bertz CT molecular complexity index is 1160. The van der Waals surface area contributed by atoms with Crippen LogP contribution in [0.5, 0.6) is 17.2 Å². The molecule has 0 aliphatic carbocycles. The topological polar surface area (TPSA) is 66.4 Å². The third kappa shape index (κ3) is 5.36. The van der Waals surface area contributed by atoms with Gasteiger partial charge in [0.15, 0.2) is 17.2 Å². The van der Waals surface area contributed by atoms with Gasteiger partial charge in [-0.05, 0) is 60.2 Å². The average Bonchev–Trinajstić information content (AvgIpc) is 3.19. The molecule has 0 amide bonds. The number of cyclic esters (lactones) is 1. The van der Waals surface area contributed by atoms with Crippen molar-refractivity contribution in [3.8, 4) is 17.2 Å². The van der Waals surface area contributed by atoms with Gasteiger partial charge in [0, 0.05) is 10.0 Å². The van der Waals surface area contributed by atoms with Crippen molar-refractivity contribution in [3.05, 3.63) is 94.1 Å². The number of halogens is 1. The van der Waals surface area contributed by atoms with E-state index >= 15 is 0 Å². The summed E-state index contributed by atoms with van der Waals surface area (Å²) in [7, 11) is 1.56. The highest BCUT2D eigenvalue weighted by molar-refractivity contribution is 9.10. The number of aliphatic imine (C=N–C) groups is 1. The molecule has 6 nitrogen and oxygen atoms in total. The van der Waals surface area contributed by atoms with Gasteiger partial charge in [-0.1, -0.05) is 40.2 Å². The summed E-state index contributed by atoms with van der Waals surface area (Å²) in [5, 5.41) is 0. The van der Waals surface area contributed by atoms with E-state index in [1.807, 2.05) is 60.7 Å². The number of hydrogen-bond acceptors (Lipinski definition) is 6. The van der Waals surface area contributed by atoms with Crippen LogP contribution in [0.4, 0.5) is 0 Å². The van der Waals surface area contributed by atoms with Crippen LogP contribution in [0, 0.1) is 0 Å². The maximum absolute atomic E-state index is 12.2. The predicted octanol–water partition coefficient (Wildman–Crippen LogP) is 5.26. The van der Waals surface area contributed by atoms with Crippen LogP contribution in [-0.4, -0.2) is 32.2 Å². The van der Waals surface area contributed by atoms with E-state index in [9.17, 15) is 4.79 Å². The van der Waals surface area contributed by atoms with Crippen LogP contribution in [0.1, 0.15) is 11.1 Å². The molecule has 0 aromatic heterocycles. The largest absolute Gasteiger partial charge is 0.493 e. The SMILES string of the molecule is COc1cc(/C=C2/N=C(c3ccccc3)OC2=O)ccc1OCCOc1ccc(Br)cc1. The smallest absolute Gasteiger partial charge is 0.363 e. The Morgan fingerprint density at radius 3 is 2.44 bits per heavy atom. The fourth-order valence-corrected chi connectivity index (χ4v) is 3.27. The zero-order chi connectivity index (χ0) is 22.3. The fraction of sp³-hybridized carbons (Fsp3) is 0.120. The molecule has 0 radical (unpaired) electrons. The fourth-order valence-electron chi connectivity index (χ4n) is 3.01. The number of carbonyl (C=O) groups is 1. The molecule has 0 atom stereocenters. The first-order valence-corrected chi connectivity index (χ1v) is 10.7. The summed E-state index contributed by atoms with van der Waals surface area (Å²) in [5.41, 5.74) is 1.71. The van der Waals surface area contributed by atoms with Crippen molar-refractivity contribution in [1.82, 2.24) is 0 Å². The normalized spacial score (nSPS) is 14.1. The van der Waals surface area contributed by atoms with Crippen LogP contribution >= 0.6 is 15.9 Å². The lowest BCUT2D eigenvalue weighted by molar-refractivity contribution is -0.129. The van der Waals surface area contributed by atoms with E-state index < -0.39 is 5.97 Å². The number of nitrogens with zero attached hydrogens (tertiary/aromatic N) is 1. The minimum atomic E-state index is -0.492. The summed E-state index contributed by atoms with van der Waals surface area (Å²) < 4.78 is 23.2. The van der Waals surface area contributed by atoms with Crippen molar-refractivity contribution in [2.24, 2.45) is 4.99 Å². The molecule has 0 unspecified atom stereocenters. The molecular formula is C25H20BrNO5. The molecule has 0 saturated carbocycles. The molecule has 0 saturated heterocycles. The van der Waals surface area contributed by atoms with Gasteiger partial charge >= 0.3 is 5.97 Å². The first-order chi connectivity index (χ1) is 15.6. The highest BCUT2D eigenvalue weighted by Gasteiger charge is 2.24. The zero-order valence-electron chi connectivity index (χ0n) is 17.3. The van der Waals surface area contributed by atoms with Crippen molar-refractivity contribution < 1.29 is 23.7 Å². The second kappa shape index (κ2) is 10.2. The van der Waals surface area contributed by atoms with Gasteiger partial charge < -0.3 is 18.9 Å². The molecule has 3 aromatic rings. The van der Waals surface area contributed by atoms with E-state index in [4.69, 9.17) is 18.9 Å². The number of rotatable bonds is 8. The van der Waals surface area contributed by atoms with Gasteiger partial charge in [-0.15, -0.1) is 0 Å². The number of ether oxygens (including phenoxy) is 4. The van der Waals surface area contributed by atoms with Crippen molar-refractivity contribution in [2.45, 2.75) is 0 Å². The Labute approximate surface area is 194 Å². The lowest BCUT2D eigenvalue weighted by Crippen LogP contribution is -2.09. The first-order valence-electron chi connectivity index (χ1n) is 9.89. The van der Waals surface area contributed by atoms with Gasteiger partial charge in [-0.25, -0.2) is 9.79 Å². The van der Waals surface area contributed by atoms with E-state index in [0.717, 1.165) is 21.3 Å². The van der Waals surface area contributed by atoms with Gasteiger partial charge in [0.2, 0.25) is 5.90 Å². The maximum atomic E-state index is 12.2. The van der Waals surface area contributed by atoms with E-state index in [1.165, 1.54) is 0 Å². The number of hydrogen-bond donors (Lipinski definition) is 0. The van der Waals surface area contributed by atoms with E-state index in [1.54, 1.807) is 25.3 Å². The van der Waals surface area contributed by atoms with Crippen molar-refractivity contribution in [1.29, 1.82) is 0 Å². The van der Waals surface area contributed by atoms with Crippen molar-refractivity contribution in [2.75, 3.05) is 20.3 Å². The lowest BCUT2D eigenvalue weighted by atomic mass is 10.1. The minimum absolute atomic E-state index is 0.225. The second-order valence-corrected chi connectivity index (χ2v) is 7.68. The van der Waals surface area contributed by atoms with E-state index in [2.05, 4.69) is 20.9 Å². The second-order valence-electron chi connectivity index (χ2n) is 6.76. The minimum Gasteiger partial charge on any atom is -0.493 e. The molecule has 3 aromatic carbocycles. The van der Waals surface area contributed by atoms with Crippen LogP contribution in [0.25, 0.3) is 6.08 Å². The lowest BCUT2D eigenvalue weighted by Gasteiger charge is -2.12. The van der Waals surface area contributed by atoms with Crippen molar-refractivity contribution >= 4 is 33.9 Å². The van der Waals surface area contributed by atoms with Gasteiger partial charge in [-0.2, -0.15) is 0 Å². The molecule has 0 spiro atoms. The van der Waals surface area contributed by atoms with Gasteiger partial charge in [-0.3, -0.25) is 0 Å². The molecule has 0 N–H and O–H groups in total. The van der Waals surface area contributed by atoms with Gasteiger partial charge in [0.25, 0.3) is 0 Å². The molecule has 32 heavy (non-hydrogen) atoms. The number of benzene rings is 3. The van der Waals surface area contributed by atoms with Crippen LogP contribution < -0.4 is 14.2 Å². The number of esters is 1. The first kappa shape index (κ1) is 21.6. The maximum Gasteiger partial charge on any atom is 0.363 e. The molecule has 0 bridgehead atoms. The summed E-state index contributed by atoms with van der Waals surface area (Å²) in [6, 6.07) is 22.3. The van der Waals surface area contributed by atoms with Gasteiger partial charge in [0.1, 0.15) is 19.0 Å². The average molecular weight is 494 g/mol. The van der Waals surface area contributed by atoms with Crippen LogP contribution in [0.2, 0.25) is 0 Å². The molecule has 7 heteroatoms. The van der Waals surface area contributed by atoms with Crippen LogP contribution in [0.15, 0.2) is 88.0 Å². The number of methoxy groups -OCH3 is 1. The van der Waals surface area contributed by atoms with Crippen LogP contribution in [-0.2, 0) is 9.53 Å². The standard InChI is InChI=1S/C25H20BrNO5/c1-29-23-16-17(15-21-25(28)32-24(27-21)18-5-3-2-4-6-18)7-12-22(23)31-14-13-30-20-10-8-19(26)9-11-20/h2-12,15-16H,13-14H2,1H3/b21-15+. The molecule has 1 heterocycles. The Balaban J connectivity index is 1.41. The molecular weight excluding hydrogens is 474 g/mol. The number of carbonyl (C=O) groups excluding carboxylic acids is 1. The van der Waals surface area contributed by atoms with Gasteiger partial charge in [0.05, 0.1) is 7.11 Å². The molecule has 1 aliphatic heterocycles. The predicted molar refractivity (Wildman–Crippen MR) is 125 cm³/mol. The molecule has 0 fully saturated rings. The zero-order valence-corrected chi connectivity index (χ0v) is 18.9. The quantitative estimate of drug-likeness (QED) is 0.243. The summed E-state index contributed by atoms with van der Waals surface area (Å²) in [4.78, 5) is 16.5. The summed E-state index contributed by atoms with van der Waals surface area (Å²) >= 11 is 3.39. The van der Waals surface area contributed by atoms with E-state index in [-0.39, 0.29) is 5.70 Å². The Morgan fingerprint density at radius 1 is 0.938 bits per heavy atom. The molecule has 4 rings (SSSR count). The Kier molecular flexibility index (Phi) is 6.87. The van der Waals surface area contributed by atoms with Crippen molar-refractivity contribution in [3.63, 3.8) is 0 Å². The monoisotopic (exact) mass is 493 g/mol. The summed E-state index contributed by atoms with van der Waals surface area (Å²) in [5.74, 6) is 1.69. The summed E-state index contributed by atoms with van der Waals surface area (Å²) in [6.45, 7) is 0.739. The molecule has 162 valence electrons. The molecule has 1 aliphatic rings. The van der Waals surface area contributed by atoms with Crippen LogP contribution in [0.3, 0.4) is 0 Å². The summed E-state index contributed by atoms with van der Waals surface area (Å²) in [6.07, 6.45) is 1.65. The Hall–Kier alpha value is -3.58. The highest BCUT2D eigenvalue weighted by atomic mass is 79.9. The third-order valence-corrected chi connectivity index (χ3v) is 5.08.